The van der Waals surface area contributed by atoms with E-state index in [0.717, 1.165) is 92.6 Å². The van der Waals surface area contributed by atoms with Gasteiger partial charge in [0.05, 0.1) is 27.1 Å². The lowest BCUT2D eigenvalue weighted by atomic mass is 9.72. The van der Waals surface area contributed by atoms with Crippen LogP contribution in [0.15, 0.2) is 114 Å². The van der Waals surface area contributed by atoms with Crippen LogP contribution in [0.3, 0.4) is 0 Å². The van der Waals surface area contributed by atoms with Crippen LogP contribution >= 0.6 is 11.6 Å². The second kappa shape index (κ2) is 24.0. The summed E-state index contributed by atoms with van der Waals surface area (Å²) in [7, 11) is -4.64. The number of H-pyrrole nitrogens is 1. The molecule has 0 radical (unpaired) electrons. The summed E-state index contributed by atoms with van der Waals surface area (Å²) in [5.74, 6) is 4.98. The molecule has 4 aromatic carbocycles. The lowest BCUT2D eigenvalue weighted by molar-refractivity contribution is -0.384. The quantitative estimate of drug-likeness (QED) is 0.0306. The Hall–Kier alpha value is -8.09. The van der Waals surface area contributed by atoms with Crippen LogP contribution in [0.25, 0.3) is 16.6 Å². The van der Waals surface area contributed by atoms with Gasteiger partial charge >= 0.3 is 0 Å². The lowest BCUT2D eigenvalue weighted by Gasteiger charge is -2.39. The number of pyridine rings is 1. The van der Waals surface area contributed by atoms with Crippen molar-refractivity contribution in [3.8, 4) is 23.3 Å². The number of carbonyl (C=O) groups is 4. The minimum Gasteiger partial charge on any atom is -0.455 e. The van der Waals surface area contributed by atoms with Crippen molar-refractivity contribution < 1.29 is 37.3 Å². The van der Waals surface area contributed by atoms with E-state index in [1.54, 1.807) is 30.5 Å². The minimum atomic E-state index is -4.64. The molecule has 19 nitrogen and oxygen atoms in total. The van der Waals surface area contributed by atoms with Gasteiger partial charge < -0.3 is 29.7 Å². The molecule has 6 aromatic rings. The van der Waals surface area contributed by atoms with Gasteiger partial charge in [0.25, 0.3) is 27.5 Å². The fraction of sp³-hybridized carbons (Fsp3) is 0.371. The van der Waals surface area contributed by atoms with E-state index in [-0.39, 0.29) is 59.5 Å². The SMILES string of the molecule is CC1(C)CCC(CN2CCN(c3ccc(C(=O)NS(=O)(=O)c4ccc(NCC5CCN(CCC#Cc6cccc7c6C(=O)N(C6CCC(=O)NC6=O)C7)CC5)c([N+](=O)[O-])c4)c(Oc4cnc5[nH]ccc5c4)c3)CC2)=C(c2ccc(Cl)cc2)C1. The first-order valence-corrected chi connectivity index (χ1v) is 30.1. The lowest BCUT2D eigenvalue weighted by Crippen LogP contribution is -2.52. The highest BCUT2D eigenvalue weighted by molar-refractivity contribution is 7.90. The summed E-state index contributed by atoms with van der Waals surface area (Å²) in [5.41, 5.74) is 7.26. The summed E-state index contributed by atoms with van der Waals surface area (Å²) < 4.78 is 36.4. The Balaban J connectivity index is 0.705. The van der Waals surface area contributed by atoms with E-state index in [1.807, 2.05) is 30.3 Å². The Morgan fingerprint density at radius 3 is 2.49 bits per heavy atom. The van der Waals surface area contributed by atoms with Crippen molar-refractivity contribution in [2.24, 2.45) is 11.3 Å². The predicted octanol–water partition coefficient (Wildman–Crippen LogP) is 9.15. The second-order valence-corrected chi connectivity index (χ2v) is 25.0. The maximum Gasteiger partial charge on any atom is 0.293 e. The van der Waals surface area contributed by atoms with Crippen LogP contribution in [-0.2, 0) is 26.2 Å². The molecule has 6 heterocycles. The molecule has 83 heavy (non-hydrogen) atoms. The largest absolute Gasteiger partial charge is 0.455 e. The van der Waals surface area contributed by atoms with E-state index >= 15 is 0 Å². The average molecular weight is 1160 g/mol. The zero-order valence-electron chi connectivity index (χ0n) is 46.3. The Morgan fingerprint density at radius 1 is 0.928 bits per heavy atom. The number of piperidine rings is 2. The number of imide groups is 1. The van der Waals surface area contributed by atoms with E-state index in [0.29, 0.717) is 55.1 Å². The number of benzene rings is 4. The monoisotopic (exact) mass is 1160 g/mol. The molecule has 1 unspecified atom stereocenters. The number of ether oxygens (including phenoxy) is 1. The number of hydrogen-bond acceptors (Lipinski definition) is 14. The summed E-state index contributed by atoms with van der Waals surface area (Å²) in [6.07, 6.45) is 9.08. The number of halogens is 1. The molecular weight excluding hydrogens is 1100 g/mol. The van der Waals surface area contributed by atoms with E-state index in [4.69, 9.17) is 16.3 Å². The first kappa shape index (κ1) is 56.8. The number of nitro benzene ring substituents is 1. The number of fused-ring (bicyclic) bond motifs is 2. The highest BCUT2D eigenvalue weighted by Gasteiger charge is 2.40. The van der Waals surface area contributed by atoms with Crippen LogP contribution in [-0.4, -0.2) is 127 Å². The van der Waals surface area contributed by atoms with E-state index in [2.05, 4.69) is 77.8 Å². The fourth-order valence-electron chi connectivity index (χ4n) is 12.0. The first-order valence-electron chi connectivity index (χ1n) is 28.2. The Labute approximate surface area is 487 Å². The zero-order valence-corrected chi connectivity index (χ0v) is 47.9. The van der Waals surface area contributed by atoms with Crippen LogP contribution in [0.5, 0.6) is 11.5 Å². The summed E-state index contributed by atoms with van der Waals surface area (Å²) in [5, 5.41) is 19.5. The van der Waals surface area contributed by atoms with Gasteiger partial charge in [0.2, 0.25) is 11.8 Å². The van der Waals surface area contributed by atoms with Gasteiger partial charge in [-0.1, -0.05) is 67.1 Å². The molecule has 0 saturated carbocycles. The molecule has 4 N–H and O–H groups in total. The smallest absolute Gasteiger partial charge is 0.293 e. The third-order valence-electron chi connectivity index (χ3n) is 16.7. The van der Waals surface area contributed by atoms with E-state index in [1.165, 1.54) is 46.0 Å². The van der Waals surface area contributed by atoms with Crippen molar-refractivity contribution in [2.75, 3.05) is 69.1 Å². The molecule has 4 amide bonds. The van der Waals surface area contributed by atoms with Gasteiger partial charge in [0, 0.05) is 105 Å². The van der Waals surface area contributed by atoms with E-state index in [9.17, 15) is 37.7 Å². The van der Waals surface area contributed by atoms with Crippen LogP contribution in [0, 0.1) is 33.3 Å². The standard InChI is InChI=1S/C62H65ClN10O9S/c1-62(2)23-19-44(51(35-62)41-9-11-46(63)12-10-41)38-70-28-30-71(31-29-70)47-13-15-50(55(33-47)82-48-32-43-20-24-64-58(43)66-37-48)59(75)68-83(80,81)49-14-16-52(54(34-49)73(78)79)65-36-40-21-26-69(27-22-40)25-4-3-6-42-7-5-8-45-39-72(61(77)57(42)45)53-17-18-56(74)67-60(53)76/h5,7-16,20,24,32-34,37,40,53,65H,4,17-19,21-23,25-31,35-36,38-39H2,1-2H3,(H,64,66)(H,68,75)(H,67,74,76). The van der Waals surface area contributed by atoms with Crippen LogP contribution in [0.2, 0.25) is 5.02 Å². The number of piperazine rings is 1. The molecule has 2 aromatic heterocycles. The van der Waals surface area contributed by atoms with Crippen molar-refractivity contribution in [2.45, 2.75) is 82.7 Å². The summed E-state index contributed by atoms with van der Waals surface area (Å²) in [6.45, 7) is 11.5. The third-order valence-corrected chi connectivity index (χ3v) is 18.2. The summed E-state index contributed by atoms with van der Waals surface area (Å²) >= 11 is 6.27. The van der Waals surface area contributed by atoms with Gasteiger partial charge in [-0.05, 0) is 134 Å². The van der Waals surface area contributed by atoms with Crippen molar-refractivity contribution in [3.63, 3.8) is 0 Å². The number of likely N-dealkylation sites (tertiary alicyclic amines) is 1. The first-order chi connectivity index (χ1) is 39.9. The van der Waals surface area contributed by atoms with Gasteiger partial charge in [0.15, 0.2) is 0 Å². The highest BCUT2D eigenvalue weighted by atomic mass is 35.5. The van der Waals surface area contributed by atoms with Crippen molar-refractivity contribution >= 4 is 78.9 Å². The van der Waals surface area contributed by atoms with Crippen LogP contribution < -0.4 is 25.0 Å². The summed E-state index contributed by atoms with van der Waals surface area (Å²) in [4.78, 5) is 79.2. The number of carbonyl (C=O) groups excluding carboxylic acids is 4. The number of allylic oxidation sites excluding steroid dienone is 1. The maximum absolute atomic E-state index is 14.2. The zero-order chi connectivity index (χ0) is 58.0. The number of hydrogen-bond donors (Lipinski definition) is 4. The molecule has 1 aliphatic carbocycles. The van der Waals surface area contributed by atoms with Gasteiger partial charge in [-0.3, -0.25) is 39.5 Å². The number of nitrogens with zero attached hydrogens (tertiary/aromatic N) is 6. The topological polar surface area (TPSA) is 233 Å². The van der Waals surface area contributed by atoms with Crippen molar-refractivity contribution in [1.29, 1.82) is 0 Å². The van der Waals surface area contributed by atoms with Gasteiger partial charge in [-0.25, -0.2) is 18.1 Å². The fourth-order valence-corrected chi connectivity index (χ4v) is 13.1. The van der Waals surface area contributed by atoms with Crippen LogP contribution in [0.4, 0.5) is 17.1 Å². The molecule has 3 saturated heterocycles. The number of rotatable bonds is 16. The number of nitrogens with one attached hydrogen (secondary N) is 4. The number of anilines is 2. The normalized spacial score (nSPS) is 18.8. The molecule has 1 atom stereocenters. The molecule has 11 rings (SSSR count). The maximum atomic E-state index is 14.2. The van der Waals surface area contributed by atoms with Crippen molar-refractivity contribution in [1.82, 2.24) is 34.7 Å². The van der Waals surface area contributed by atoms with Crippen molar-refractivity contribution in [3.05, 3.63) is 152 Å². The third kappa shape index (κ3) is 12.9. The van der Waals surface area contributed by atoms with Gasteiger partial charge in [0.1, 0.15) is 28.9 Å². The average Bonchev–Trinajstić information content (AvgIpc) is 4.23. The van der Waals surface area contributed by atoms with E-state index < -0.39 is 43.4 Å². The number of amides is 4. The van der Waals surface area contributed by atoms with Gasteiger partial charge in [-0.2, -0.15) is 0 Å². The molecule has 3 fully saturated rings. The molecule has 5 aliphatic rings. The Morgan fingerprint density at radius 2 is 1.72 bits per heavy atom. The molecule has 0 spiro atoms. The number of aromatic nitrogens is 2. The number of aromatic amines is 1. The highest BCUT2D eigenvalue weighted by Crippen LogP contribution is 2.44. The van der Waals surface area contributed by atoms with Crippen LogP contribution in [0.1, 0.15) is 103 Å². The second-order valence-electron chi connectivity index (χ2n) is 22.9. The molecule has 430 valence electrons. The molecular formula is C62H65ClN10O9S. The summed E-state index contributed by atoms with van der Waals surface area (Å²) in [6, 6.07) is 25.2. The number of sulfonamides is 1. The predicted molar refractivity (Wildman–Crippen MR) is 317 cm³/mol. The minimum absolute atomic E-state index is 0.0619. The number of nitro groups is 1. The molecule has 0 bridgehead atoms. The Bertz CT molecular complexity index is 3740. The van der Waals surface area contributed by atoms with Gasteiger partial charge in [-0.15, -0.1) is 0 Å². The molecule has 21 heteroatoms. The molecule has 4 aliphatic heterocycles. The Kier molecular flexibility index (Phi) is 16.4.